The summed E-state index contributed by atoms with van der Waals surface area (Å²) in [5.41, 5.74) is 7.04. The van der Waals surface area contributed by atoms with E-state index in [1.807, 2.05) is 12.1 Å². The second-order valence-electron chi connectivity index (χ2n) is 6.67. The van der Waals surface area contributed by atoms with E-state index in [0.717, 1.165) is 5.56 Å². The van der Waals surface area contributed by atoms with Crippen LogP contribution < -0.4 is 25.5 Å². The van der Waals surface area contributed by atoms with Gasteiger partial charge in [-0.25, -0.2) is 4.39 Å². The van der Waals surface area contributed by atoms with Crippen molar-refractivity contribution < 1.29 is 23.5 Å². The molecule has 1 atom stereocenters. The SMILES string of the molecule is COc1ccc(CCNC(=O)C2=NN(c3ccc(F)cc3)C(C(N)=O)C2)c(OC)c1. The van der Waals surface area contributed by atoms with Crippen molar-refractivity contribution in [1.29, 1.82) is 0 Å². The Morgan fingerprint density at radius 3 is 2.57 bits per heavy atom. The molecule has 1 aliphatic heterocycles. The number of nitrogens with two attached hydrogens (primary N) is 1. The lowest BCUT2D eigenvalue weighted by Crippen LogP contribution is -2.40. The van der Waals surface area contributed by atoms with Gasteiger partial charge in [0, 0.05) is 19.0 Å². The minimum Gasteiger partial charge on any atom is -0.497 e. The van der Waals surface area contributed by atoms with Crippen LogP contribution in [0.4, 0.5) is 10.1 Å². The van der Waals surface area contributed by atoms with Crippen LogP contribution in [0.1, 0.15) is 12.0 Å². The summed E-state index contributed by atoms with van der Waals surface area (Å²) >= 11 is 0. The van der Waals surface area contributed by atoms with Crippen molar-refractivity contribution in [3.05, 3.63) is 53.8 Å². The predicted octanol–water partition coefficient (Wildman–Crippen LogP) is 1.62. The number of hydrazone groups is 1. The van der Waals surface area contributed by atoms with Gasteiger partial charge < -0.3 is 20.5 Å². The monoisotopic (exact) mass is 414 g/mol. The quantitative estimate of drug-likeness (QED) is 0.683. The molecule has 0 bridgehead atoms. The molecule has 0 aliphatic carbocycles. The molecule has 0 aromatic heterocycles. The molecule has 8 nitrogen and oxygen atoms in total. The first-order valence-electron chi connectivity index (χ1n) is 9.33. The van der Waals surface area contributed by atoms with Crippen molar-refractivity contribution in [2.45, 2.75) is 18.9 Å². The first kappa shape index (κ1) is 21.1. The lowest BCUT2D eigenvalue weighted by molar-refractivity contribution is -0.119. The van der Waals surface area contributed by atoms with E-state index in [4.69, 9.17) is 15.2 Å². The number of carbonyl (C=O) groups excluding carboxylic acids is 2. The Kier molecular flexibility index (Phi) is 6.51. The third-order valence-corrected chi connectivity index (χ3v) is 4.77. The normalized spacial score (nSPS) is 15.5. The van der Waals surface area contributed by atoms with Crippen LogP contribution in [0, 0.1) is 5.82 Å². The van der Waals surface area contributed by atoms with Crippen molar-refractivity contribution in [2.75, 3.05) is 25.8 Å². The molecule has 9 heteroatoms. The average Bonchev–Trinajstić information content (AvgIpc) is 3.20. The molecule has 3 N–H and O–H groups in total. The highest BCUT2D eigenvalue weighted by atomic mass is 19.1. The van der Waals surface area contributed by atoms with Crippen LogP contribution >= 0.6 is 0 Å². The number of hydrogen-bond acceptors (Lipinski definition) is 6. The largest absolute Gasteiger partial charge is 0.497 e. The summed E-state index contributed by atoms with van der Waals surface area (Å²) in [6, 6.07) is 10.1. The van der Waals surface area contributed by atoms with Crippen LogP contribution in [0.25, 0.3) is 0 Å². The Morgan fingerprint density at radius 2 is 1.93 bits per heavy atom. The Labute approximate surface area is 173 Å². The number of primary amides is 1. The number of nitrogens with zero attached hydrogens (tertiary/aromatic N) is 2. The summed E-state index contributed by atoms with van der Waals surface area (Å²) in [5, 5.41) is 8.39. The van der Waals surface area contributed by atoms with Gasteiger partial charge in [0.1, 0.15) is 29.1 Å². The molecule has 2 aromatic rings. The zero-order valence-electron chi connectivity index (χ0n) is 16.7. The van der Waals surface area contributed by atoms with E-state index < -0.39 is 23.7 Å². The van der Waals surface area contributed by atoms with Gasteiger partial charge in [0.05, 0.1) is 19.9 Å². The van der Waals surface area contributed by atoms with Crippen molar-refractivity contribution in [2.24, 2.45) is 10.8 Å². The summed E-state index contributed by atoms with van der Waals surface area (Å²) in [4.78, 5) is 24.4. The maximum atomic E-state index is 13.2. The average molecular weight is 414 g/mol. The van der Waals surface area contributed by atoms with Crippen LogP contribution in [-0.2, 0) is 16.0 Å². The standard InChI is InChI=1S/C21H23FN4O4/c1-29-16-8-3-13(19(11-16)30-2)9-10-24-21(28)17-12-18(20(23)27)26(25-17)15-6-4-14(22)5-7-15/h3-8,11,18H,9-10,12H2,1-2H3,(H2,23,27)(H,24,28). The maximum absolute atomic E-state index is 13.2. The second kappa shape index (κ2) is 9.25. The van der Waals surface area contributed by atoms with Gasteiger partial charge >= 0.3 is 0 Å². The van der Waals surface area contributed by atoms with Gasteiger partial charge in [0.15, 0.2) is 0 Å². The number of benzene rings is 2. The van der Waals surface area contributed by atoms with Crippen molar-refractivity contribution in [3.8, 4) is 11.5 Å². The van der Waals surface area contributed by atoms with Gasteiger partial charge in [-0.2, -0.15) is 5.10 Å². The molecule has 0 fully saturated rings. The first-order valence-corrected chi connectivity index (χ1v) is 9.33. The van der Waals surface area contributed by atoms with Crippen LogP contribution in [0.2, 0.25) is 0 Å². The lowest BCUT2D eigenvalue weighted by atomic mass is 10.1. The molecule has 1 aliphatic rings. The van der Waals surface area contributed by atoms with Gasteiger partial charge in [-0.15, -0.1) is 0 Å². The summed E-state index contributed by atoms with van der Waals surface area (Å²) in [7, 11) is 3.14. The smallest absolute Gasteiger partial charge is 0.267 e. The molecule has 3 rings (SSSR count). The van der Waals surface area contributed by atoms with Crippen molar-refractivity contribution >= 4 is 23.2 Å². The lowest BCUT2D eigenvalue weighted by Gasteiger charge is -2.20. The van der Waals surface area contributed by atoms with Crippen LogP contribution in [0.15, 0.2) is 47.6 Å². The first-order chi connectivity index (χ1) is 14.4. The number of carbonyl (C=O) groups is 2. The highest BCUT2D eigenvalue weighted by Crippen LogP contribution is 2.26. The minimum absolute atomic E-state index is 0.0738. The fraction of sp³-hybridized carbons (Fsp3) is 0.286. The van der Waals surface area contributed by atoms with Crippen LogP contribution in [-0.4, -0.2) is 44.3 Å². The Hall–Kier alpha value is -3.62. The summed E-state index contributed by atoms with van der Waals surface area (Å²) in [6.45, 7) is 0.346. The zero-order valence-corrected chi connectivity index (χ0v) is 16.7. The number of rotatable bonds is 8. The highest BCUT2D eigenvalue weighted by molar-refractivity contribution is 6.40. The Balaban J connectivity index is 1.65. The number of halogens is 1. The molecule has 1 unspecified atom stereocenters. The van der Waals surface area contributed by atoms with E-state index in [2.05, 4.69) is 10.4 Å². The van der Waals surface area contributed by atoms with Crippen LogP contribution in [0.3, 0.4) is 0 Å². The van der Waals surface area contributed by atoms with E-state index in [1.165, 1.54) is 29.3 Å². The number of hydrogen-bond donors (Lipinski definition) is 2. The molecule has 1 heterocycles. The molecular formula is C21H23FN4O4. The van der Waals surface area contributed by atoms with E-state index in [9.17, 15) is 14.0 Å². The molecule has 0 radical (unpaired) electrons. The maximum Gasteiger partial charge on any atom is 0.267 e. The molecule has 0 saturated heterocycles. The van der Waals surface area contributed by atoms with Crippen molar-refractivity contribution in [1.82, 2.24) is 5.32 Å². The summed E-state index contributed by atoms with van der Waals surface area (Å²) in [6.07, 6.45) is 0.609. The molecule has 0 spiro atoms. The number of ether oxygens (including phenoxy) is 2. The highest BCUT2D eigenvalue weighted by Gasteiger charge is 2.34. The number of anilines is 1. The fourth-order valence-electron chi connectivity index (χ4n) is 3.17. The van der Waals surface area contributed by atoms with E-state index in [0.29, 0.717) is 30.2 Å². The van der Waals surface area contributed by atoms with E-state index in [1.54, 1.807) is 20.3 Å². The third-order valence-electron chi connectivity index (χ3n) is 4.77. The molecule has 2 aromatic carbocycles. The molecule has 158 valence electrons. The number of amides is 2. The Bertz CT molecular complexity index is 962. The molecule has 2 amide bonds. The second-order valence-corrected chi connectivity index (χ2v) is 6.67. The van der Waals surface area contributed by atoms with Gasteiger partial charge in [0.25, 0.3) is 5.91 Å². The number of nitrogens with one attached hydrogen (secondary N) is 1. The van der Waals surface area contributed by atoms with Gasteiger partial charge in [-0.1, -0.05) is 6.07 Å². The number of methoxy groups -OCH3 is 2. The minimum atomic E-state index is -0.808. The molecule has 30 heavy (non-hydrogen) atoms. The molecular weight excluding hydrogens is 391 g/mol. The van der Waals surface area contributed by atoms with Gasteiger partial charge in [-0.05, 0) is 42.3 Å². The van der Waals surface area contributed by atoms with Gasteiger partial charge in [-0.3, -0.25) is 14.6 Å². The van der Waals surface area contributed by atoms with E-state index in [-0.39, 0.29) is 12.1 Å². The molecule has 0 saturated carbocycles. The summed E-state index contributed by atoms with van der Waals surface area (Å²) in [5.74, 6) is -0.0759. The zero-order chi connectivity index (χ0) is 21.7. The predicted molar refractivity (Wildman–Crippen MR) is 110 cm³/mol. The third kappa shape index (κ3) is 4.68. The summed E-state index contributed by atoms with van der Waals surface area (Å²) < 4.78 is 23.7. The van der Waals surface area contributed by atoms with Crippen molar-refractivity contribution in [3.63, 3.8) is 0 Å². The van der Waals surface area contributed by atoms with Gasteiger partial charge in [0.2, 0.25) is 5.91 Å². The Morgan fingerprint density at radius 1 is 1.20 bits per heavy atom. The van der Waals surface area contributed by atoms with E-state index >= 15 is 0 Å². The fourth-order valence-corrected chi connectivity index (χ4v) is 3.17. The van der Waals surface area contributed by atoms with Crippen LogP contribution in [0.5, 0.6) is 11.5 Å². The topological polar surface area (TPSA) is 106 Å².